The molecular weight excluding hydrogens is 227 g/mol. The van der Waals surface area contributed by atoms with Gasteiger partial charge in [-0.25, -0.2) is 4.39 Å². The van der Waals surface area contributed by atoms with Crippen LogP contribution in [0.4, 0.5) is 4.39 Å². The lowest BCUT2D eigenvalue weighted by Gasteiger charge is -2.32. The fourth-order valence-corrected chi connectivity index (χ4v) is 1.76. The van der Waals surface area contributed by atoms with E-state index in [1.165, 1.54) is 6.07 Å². The van der Waals surface area contributed by atoms with Crippen molar-refractivity contribution in [2.75, 3.05) is 6.61 Å². The van der Waals surface area contributed by atoms with Gasteiger partial charge in [0.1, 0.15) is 5.82 Å². The zero-order valence-corrected chi connectivity index (χ0v) is 10.7. The lowest BCUT2D eigenvalue weighted by molar-refractivity contribution is 0.0947. The van der Waals surface area contributed by atoms with Crippen molar-refractivity contribution in [3.63, 3.8) is 0 Å². The quantitative estimate of drug-likeness (QED) is 0.857. The molecule has 0 aliphatic rings. The van der Waals surface area contributed by atoms with Crippen LogP contribution in [0.15, 0.2) is 18.2 Å². The summed E-state index contributed by atoms with van der Waals surface area (Å²) in [5.74, 6) is -0.0972. The highest BCUT2D eigenvalue weighted by atomic mass is 35.5. The molecule has 1 unspecified atom stereocenters. The van der Waals surface area contributed by atoms with Gasteiger partial charge in [-0.2, -0.15) is 0 Å². The van der Waals surface area contributed by atoms with Gasteiger partial charge in [0, 0.05) is 6.61 Å². The molecule has 3 heteroatoms. The first kappa shape index (κ1) is 13.5. The topological polar surface area (TPSA) is 20.2 Å². The van der Waals surface area contributed by atoms with Crippen LogP contribution in [0.5, 0.6) is 0 Å². The molecular formula is C13H18ClFO. The third kappa shape index (κ3) is 2.74. The van der Waals surface area contributed by atoms with Gasteiger partial charge >= 0.3 is 0 Å². The first-order chi connectivity index (χ1) is 7.40. The Labute approximate surface area is 101 Å². The molecule has 1 aromatic rings. The van der Waals surface area contributed by atoms with E-state index < -0.39 is 5.82 Å². The Balaban J connectivity index is 2.99. The summed E-state index contributed by atoms with van der Waals surface area (Å²) < 4.78 is 13.3. The highest BCUT2D eigenvalue weighted by Gasteiger charge is 2.28. The minimum Gasteiger partial charge on any atom is -0.396 e. The highest BCUT2D eigenvalue weighted by molar-refractivity contribution is 6.31. The van der Waals surface area contributed by atoms with Gasteiger partial charge in [0.15, 0.2) is 0 Å². The first-order valence-corrected chi connectivity index (χ1v) is 5.82. The van der Waals surface area contributed by atoms with E-state index in [1.807, 2.05) is 26.8 Å². The van der Waals surface area contributed by atoms with E-state index in [0.717, 1.165) is 5.56 Å². The molecule has 0 amide bonds. The summed E-state index contributed by atoms with van der Waals surface area (Å²) in [6, 6.07) is 4.80. The Hall–Kier alpha value is -0.600. The van der Waals surface area contributed by atoms with E-state index in [9.17, 15) is 9.50 Å². The Kier molecular flexibility index (Phi) is 4.34. The molecule has 1 atom stereocenters. The third-order valence-electron chi connectivity index (χ3n) is 3.38. The molecule has 0 aliphatic carbocycles. The van der Waals surface area contributed by atoms with Crippen LogP contribution in [0.1, 0.15) is 26.3 Å². The van der Waals surface area contributed by atoms with Gasteiger partial charge < -0.3 is 5.11 Å². The van der Waals surface area contributed by atoms with Crippen LogP contribution in [-0.2, 0) is 6.42 Å². The van der Waals surface area contributed by atoms with Gasteiger partial charge in [-0.05, 0) is 29.4 Å². The van der Waals surface area contributed by atoms with Crippen molar-refractivity contribution in [3.8, 4) is 0 Å². The summed E-state index contributed by atoms with van der Waals surface area (Å²) in [6.45, 7) is 6.14. The van der Waals surface area contributed by atoms with E-state index in [4.69, 9.17) is 11.6 Å². The SMILES string of the molecule is CC(C)C(C)(CO)Cc1cccc(F)c1Cl. The van der Waals surface area contributed by atoms with E-state index >= 15 is 0 Å². The third-order valence-corrected chi connectivity index (χ3v) is 3.80. The number of halogens is 2. The monoisotopic (exact) mass is 244 g/mol. The molecule has 0 aliphatic heterocycles. The van der Waals surface area contributed by atoms with Crippen LogP contribution in [0.3, 0.4) is 0 Å². The average molecular weight is 245 g/mol. The van der Waals surface area contributed by atoms with Gasteiger partial charge in [0.05, 0.1) is 5.02 Å². The van der Waals surface area contributed by atoms with E-state index in [-0.39, 0.29) is 17.0 Å². The number of hydrogen-bond acceptors (Lipinski definition) is 1. The molecule has 0 aromatic heterocycles. The predicted molar refractivity (Wildman–Crippen MR) is 65.1 cm³/mol. The molecule has 0 saturated heterocycles. The average Bonchev–Trinajstić information content (AvgIpc) is 2.24. The van der Waals surface area contributed by atoms with Crippen molar-refractivity contribution in [1.82, 2.24) is 0 Å². The molecule has 1 N–H and O–H groups in total. The fourth-order valence-electron chi connectivity index (χ4n) is 1.56. The molecule has 1 nitrogen and oxygen atoms in total. The van der Waals surface area contributed by atoms with Gasteiger partial charge in [0.2, 0.25) is 0 Å². The van der Waals surface area contributed by atoms with Crippen molar-refractivity contribution >= 4 is 11.6 Å². The summed E-state index contributed by atoms with van der Waals surface area (Å²) in [5.41, 5.74) is 0.490. The van der Waals surface area contributed by atoms with Crippen LogP contribution < -0.4 is 0 Å². The molecule has 16 heavy (non-hydrogen) atoms. The number of aliphatic hydroxyl groups excluding tert-OH is 1. The Morgan fingerprint density at radius 3 is 2.56 bits per heavy atom. The van der Waals surface area contributed by atoms with Gasteiger partial charge in [0.25, 0.3) is 0 Å². The van der Waals surface area contributed by atoms with Gasteiger partial charge in [-0.15, -0.1) is 0 Å². The van der Waals surface area contributed by atoms with Crippen LogP contribution in [-0.4, -0.2) is 11.7 Å². The van der Waals surface area contributed by atoms with E-state index in [1.54, 1.807) is 6.07 Å². The number of benzene rings is 1. The minimum atomic E-state index is -0.400. The Morgan fingerprint density at radius 2 is 2.06 bits per heavy atom. The fraction of sp³-hybridized carbons (Fsp3) is 0.538. The summed E-state index contributed by atoms with van der Waals surface area (Å²) in [5, 5.41) is 9.61. The summed E-state index contributed by atoms with van der Waals surface area (Å²) in [7, 11) is 0. The van der Waals surface area contributed by atoms with Crippen LogP contribution >= 0.6 is 11.6 Å². The molecule has 0 heterocycles. The maximum atomic E-state index is 13.3. The molecule has 0 spiro atoms. The predicted octanol–water partition coefficient (Wildman–Crippen LogP) is 3.68. The van der Waals surface area contributed by atoms with Crippen LogP contribution in [0.2, 0.25) is 5.02 Å². The van der Waals surface area contributed by atoms with Crippen molar-refractivity contribution in [3.05, 3.63) is 34.6 Å². The summed E-state index contributed by atoms with van der Waals surface area (Å²) in [6.07, 6.45) is 0.581. The second-order valence-electron chi connectivity index (χ2n) is 4.86. The second kappa shape index (κ2) is 5.15. The number of hydrogen-bond donors (Lipinski definition) is 1. The zero-order chi connectivity index (χ0) is 12.3. The van der Waals surface area contributed by atoms with Crippen molar-refractivity contribution in [2.24, 2.45) is 11.3 Å². The Morgan fingerprint density at radius 1 is 1.44 bits per heavy atom. The lowest BCUT2D eigenvalue weighted by atomic mass is 9.75. The number of rotatable bonds is 4. The molecule has 0 fully saturated rings. The molecule has 1 rings (SSSR count). The highest BCUT2D eigenvalue weighted by Crippen LogP contribution is 2.33. The zero-order valence-electron chi connectivity index (χ0n) is 9.93. The molecule has 0 bridgehead atoms. The van der Waals surface area contributed by atoms with E-state index in [0.29, 0.717) is 12.3 Å². The van der Waals surface area contributed by atoms with Crippen LogP contribution in [0.25, 0.3) is 0 Å². The smallest absolute Gasteiger partial charge is 0.142 e. The van der Waals surface area contributed by atoms with Gasteiger partial charge in [-0.3, -0.25) is 0 Å². The largest absolute Gasteiger partial charge is 0.396 e. The molecule has 0 radical (unpaired) electrons. The Bertz CT molecular complexity index is 365. The van der Waals surface area contributed by atoms with Gasteiger partial charge in [-0.1, -0.05) is 44.5 Å². The van der Waals surface area contributed by atoms with Crippen molar-refractivity contribution in [2.45, 2.75) is 27.2 Å². The maximum absolute atomic E-state index is 13.3. The second-order valence-corrected chi connectivity index (χ2v) is 5.23. The standard InChI is InChI=1S/C13H18ClFO/c1-9(2)13(3,8-16)7-10-5-4-6-11(15)12(10)14/h4-6,9,16H,7-8H2,1-3H3. The minimum absolute atomic E-state index is 0.0670. The molecule has 1 aromatic carbocycles. The normalized spacial score (nSPS) is 15.2. The summed E-state index contributed by atoms with van der Waals surface area (Å²) >= 11 is 5.90. The van der Waals surface area contributed by atoms with Crippen molar-refractivity contribution in [1.29, 1.82) is 0 Å². The lowest BCUT2D eigenvalue weighted by Crippen LogP contribution is -2.30. The van der Waals surface area contributed by atoms with Crippen LogP contribution in [0, 0.1) is 17.2 Å². The number of aliphatic hydroxyl groups is 1. The molecule has 0 saturated carbocycles. The summed E-state index contributed by atoms with van der Waals surface area (Å²) in [4.78, 5) is 0. The maximum Gasteiger partial charge on any atom is 0.142 e. The van der Waals surface area contributed by atoms with Crippen molar-refractivity contribution < 1.29 is 9.50 Å². The molecule has 90 valence electrons. The van der Waals surface area contributed by atoms with E-state index in [2.05, 4.69) is 0 Å². The first-order valence-electron chi connectivity index (χ1n) is 5.44.